The lowest BCUT2D eigenvalue weighted by atomic mass is 9.98. The molecule has 2 unspecified atom stereocenters. The monoisotopic (exact) mass is 232 g/mol. The van der Waals surface area contributed by atoms with Crippen LogP contribution in [0, 0.1) is 0 Å². The number of benzene rings is 1. The fraction of sp³-hybridized carbons (Fsp3) is 0.600. The molecule has 1 saturated heterocycles. The van der Waals surface area contributed by atoms with E-state index in [0.717, 1.165) is 6.54 Å². The van der Waals surface area contributed by atoms with Gasteiger partial charge >= 0.3 is 0 Å². The van der Waals surface area contributed by atoms with Crippen LogP contribution in [-0.4, -0.2) is 30.6 Å². The highest BCUT2D eigenvalue weighted by molar-refractivity contribution is 5.14. The third-order valence-electron chi connectivity index (χ3n) is 3.90. The molecule has 0 spiro atoms. The number of nitrogens with one attached hydrogen (secondary N) is 1. The normalized spacial score (nSPS) is 22.6. The minimum atomic E-state index is 0.607. The summed E-state index contributed by atoms with van der Waals surface area (Å²) in [6.45, 7) is 4.57. The SMILES string of the molecule is CC(C1CCCCN1)N(C)Cc1ccccc1. The van der Waals surface area contributed by atoms with E-state index in [1.54, 1.807) is 0 Å². The summed E-state index contributed by atoms with van der Waals surface area (Å²) in [4.78, 5) is 2.46. The number of hydrogen-bond acceptors (Lipinski definition) is 2. The summed E-state index contributed by atoms with van der Waals surface area (Å²) < 4.78 is 0. The highest BCUT2D eigenvalue weighted by Crippen LogP contribution is 2.15. The Kier molecular flexibility index (Phi) is 4.57. The first kappa shape index (κ1) is 12.6. The van der Waals surface area contributed by atoms with Crippen LogP contribution in [0.15, 0.2) is 30.3 Å². The maximum atomic E-state index is 3.64. The zero-order chi connectivity index (χ0) is 12.1. The predicted octanol–water partition coefficient (Wildman–Crippen LogP) is 2.65. The van der Waals surface area contributed by atoms with Crippen molar-refractivity contribution in [3.8, 4) is 0 Å². The van der Waals surface area contributed by atoms with Gasteiger partial charge in [-0.25, -0.2) is 0 Å². The molecule has 1 aliphatic heterocycles. The van der Waals surface area contributed by atoms with Crippen LogP contribution in [0.3, 0.4) is 0 Å². The highest BCUT2D eigenvalue weighted by Gasteiger charge is 2.22. The van der Waals surface area contributed by atoms with Gasteiger partial charge in [0.2, 0.25) is 0 Å². The van der Waals surface area contributed by atoms with E-state index in [4.69, 9.17) is 0 Å². The van der Waals surface area contributed by atoms with Crippen LogP contribution >= 0.6 is 0 Å². The van der Waals surface area contributed by atoms with Gasteiger partial charge in [0.15, 0.2) is 0 Å². The van der Waals surface area contributed by atoms with Crippen molar-refractivity contribution in [2.45, 2.75) is 44.8 Å². The van der Waals surface area contributed by atoms with E-state index < -0.39 is 0 Å². The molecule has 94 valence electrons. The molecular formula is C15H24N2. The van der Waals surface area contributed by atoms with Crippen LogP contribution in [0.5, 0.6) is 0 Å². The van der Waals surface area contributed by atoms with Gasteiger partial charge in [0, 0.05) is 18.6 Å². The molecular weight excluding hydrogens is 208 g/mol. The molecule has 17 heavy (non-hydrogen) atoms. The van der Waals surface area contributed by atoms with Crippen molar-refractivity contribution in [3.63, 3.8) is 0 Å². The Labute approximate surface area is 105 Å². The molecule has 2 rings (SSSR count). The van der Waals surface area contributed by atoms with E-state index in [0.29, 0.717) is 12.1 Å². The molecule has 2 heteroatoms. The maximum absolute atomic E-state index is 3.64. The Balaban J connectivity index is 1.88. The summed E-state index contributed by atoms with van der Waals surface area (Å²) in [5, 5.41) is 3.64. The third-order valence-corrected chi connectivity index (χ3v) is 3.90. The Bertz CT molecular complexity index is 317. The van der Waals surface area contributed by atoms with Crippen molar-refractivity contribution < 1.29 is 0 Å². The first-order chi connectivity index (χ1) is 8.27. The summed E-state index contributed by atoms with van der Waals surface area (Å²) in [6.07, 6.45) is 4.03. The van der Waals surface area contributed by atoms with Gasteiger partial charge in [0.05, 0.1) is 0 Å². The Hall–Kier alpha value is -0.860. The zero-order valence-electron chi connectivity index (χ0n) is 11.0. The predicted molar refractivity (Wildman–Crippen MR) is 73.0 cm³/mol. The maximum Gasteiger partial charge on any atom is 0.0234 e. The van der Waals surface area contributed by atoms with Crippen molar-refractivity contribution in [1.29, 1.82) is 0 Å². The van der Waals surface area contributed by atoms with Crippen molar-refractivity contribution in [2.24, 2.45) is 0 Å². The van der Waals surface area contributed by atoms with E-state index >= 15 is 0 Å². The average molecular weight is 232 g/mol. The van der Waals surface area contributed by atoms with Crippen molar-refractivity contribution in [1.82, 2.24) is 10.2 Å². The van der Waals surface area contributed by atoms with E-state index in [1.807, 2.05) is 0 Å². The lowest BCUT2D eigenvalue weighted by molar-refractivity contribution is 0.180. The van der Waals surface area contributed by atoms with Crippen LogP contribution in [0.25, 0.3) is 0 Å². The third kappa shape index (κ3) is 3.55. The average Bonchev–Trinajstić information content (AvgIpc) is 2.40. The largest absolute Gasteiger partial charge is 0.312 e. The van der Waals surface area contributed by atoms with Crippen molar-refractivity contribution >= 4 is 0 Å². The number of likely N-dealkylation sites (N-methyl/N-ethyl adjacent to an activating group) is 1. The van der Waals surface area contributed by atoms with Crippen LogP contribution in [0.2, 0.25) is 0 Å². The summed E-state index contributed by atoms with van der Waals surface area (Å²) in [5.41, 5.74) is 1.40. The fourth-order valence-corrected chi connectivity index (χ4v) is 2.61. The van der Waals surface area contributed by atoms with Crippen LogP contribution < -0.4 is 5.32 Å². The molecule has 1 heterocycles. The number of rotatable bonds is 4. The molecule has 0 saturated carbocycles. The van der Waals surface area contributed by atoms with E-state index in [2.05, 4.69) is 54.5 Å². The minimum absolute atomic E-state index is 0.607. The van der Waals surface area contributed by atoms with Gasteiger partial charge in [-0.1, -0.05) is 36.8 Å². The summed E-state index contributed by atoms with van der Waals surface area (Å²) in [7, 11) is 2.23. The fourth-order valence-electron chi connectivity index (χ4n) is 2.61. The Morgan fingerprint density at radius 2 is 2.06 bits per heavy atom. The summed E-state index contributed by atoms with van der Waals surface area (Å²) in [5.74, 6) is 0. The second kappa shape index (κ2) is 6.18. The molecule has 0 amide bonds. The van der Waals surface area contributed by atoms with Gasteiger partial charge in [0.25, 0.3) is 0 Å². The van der Waals surface area contributed by atoms with Crippen molar-refractivity contribution in [2.75, 3.05) is 13.6 Å². The molecule has 0 bridgehead atoms. The van der Waals surface area contributed by atoms with E-state index in [1.165, 1.54) is 31.4 Å². The summed E-state index contributed by atoms with van der Waals surface area (Å²) >= 11 is 0. The number of nitrogens with zero attached hydrogens (tertiary/aromatic N) is 1. The van der Waals surface area contributed by atoms with Crippen LogP contribution in [0.1, 0.15) is 31.7 Å². The minimum Gasteiger partial charge on any atom is -0.312 e. The Morgan fingerprint density at radius 3 is 2.71 bits per heavy atom. The van der Waals surface area contributed by atoms with E-state index in [-0.39, 0.29) is 0 Å². The number of piperidine rings is 1. The van der Waals surface area contributed by atoms with Crippen molar-refractivity contribution in [3.05, 3.63) is 35.9 Å². The van der Waals surface area contributed by atoms with Gasteiger partial charge in [-0.2, -0.15) is 0 Å². The number of hydrogen-bond donors (Lipinski definition) is 1. The van der Waals surface area contributed by atoms with Crippen LogP contribution in [0.4, 0.5) is 0 Å². The van der Waals surface area contributed by atoms with Gasteiger partial charge in [-0.05, 0) is 38.9 Å². The van der Waals surface area contributed by atoms with Crippen LogP contribution in [-0.2, 0) is 6.54 Å². The smallest absolute Gasteiger partial charge is 0.0234 e. The second-order valence-electron chi connectivity index (χ2n) is 5.20. The molecule has 0 aliphatic carbocycles. The molecule has 0 aromatic heterocycles. The highest BCUT2D eigenvalue weighted by atomic mass is 15.2. The van der Waals surface area contributed by atoms with E-state index in [9.17, 15) is 0 Å². The lowest BCUT2D eigenvalue weighted by Gasteiger charge is -2.35. The van der Waals surface area contributed by atoms with Gasteiger partial charge in [0.1, 0.15) is 0 Å². The second-order valence-corrected chi connectivity index (χ2v) is 5.20. The first-order valence-corrected chi connectivity index (χ1v) is 6.75. The topological polar surface area (TPSA) is 15.3 Å². The van der Waals surface area contributed by atoms with Gasteiger partial charge < -0.3 is 5.32 Å². The molecule has 1 aliphatic rings. The quantitative estimate of drug-likeness (QED) is 0.858. The van der Waals surface area contributed by atoms with Gasteiger partial charge in [-0.3, -0.25) is 4.90 Å². The molecule has 1 fully saturated rings. The molecule has 2 nitrogen and oxygen atoms in total. The molecule has 2 atom stereocenters. The lowest BCUT2D eigenvalue weighted by Crippen LogP contribution is -2.48. The van der Waals surface area contributed by atoms with Gasteiger partial charge in [-0.15, -0.1) is 0 Å². The molecule has 1 N–H and O–H groups in total. The summed E-state index contributed by atoms with van der Waals surface area (Å²) in [6, 6.07) is 12.0. The molecule has 1 aromatic rings. The standard InChI is InChI=1S/C15H24N2/c1-13(15-10-6-7-11-16-15)17(2)12-14-8-4-3-5-9-14/h3-5,8-9,13,15-16H,6-7,10-12H2,1-2H3. The zero-order valence-corrected chi connectivity index (χ0v) is 11.0. The molecule has 0 radical (unpaired) electrons. The Morgan fingerprint density at radius 1 is 1.29 bits per heavy atom. The molecule has 1 aromatic carbocycles. The first-order valence-electron chi connectivity index (χ1n) is 6.75.